The van der Waals surface area contributed by atoms with Crippen molar-refractivity contribution in [3.8, 4) is 11.5 Å². The molecule has 0 saturated heterocycles. The van der Waals surface area contributed by atoms with E-state index in [0.717, 1.165) is 5.56 Å². The third kappa shape index (κ3) is 3.26. The molecule has 2 amide bonds. The van der Waals surface area contributed by atoms with Crippen molar-refractivity contribution in [2.24, 2.45) is 5.10 Å². The number of carbonyl (C=O) groups is 2. The highest BCUT2D eigenvalue weighted by atomic mass is 32.2. The number of hydrogen-bond acceptors (Lipinski definition) is 6. The summed E-state index contributed by atoms with van der Waals surface area (Å²) in [5.41, 5.74) is 0.805. The number of methoxy groups -OCH3 is 2. The fourth-order valence-electron chi connectivity index (χ4n) is 2.32. The van der Waals surface area contributed by atoms with Gasteiger partial charge in [-0.3, -0.25) is 9.59 Å². The molecule has 23 heavy (non-hydrogen) atoms. The van der Waals surface area contributed by atoms with Gasteiger partial charge in [-0.15, -0.1) is 5.10 Å². The van der Waals surface area contributed by atoms with Crippen molar-refractivity contribution in [2.75, 3.05) is 14.2 Å². The van der Waals surface area contributed by atoms with Gasteiger partial charge in [0.25, 0.3) is 0 Å². The van der Waals surface area contributed by atoms with Crippen molar-refractivity contribution in [2.45, 2.75) is 25.6 Å². The summed E-state index contributed by atoms with van der Waals surface area (Å²) in [7, 11) is 3.11. The van der Waals surface area contributed by atoms with Gasteiger partial charge in [0.05, 0.1) is 14.2 Å². The molecule has 1 unspecified atom stereocenters. The predicted octanol–water partition coefficient (Wildman–Crippen LogP) is 1.88. The van der Waals surface area contributed by atoms with Crippen LogP contribution < -0.4 is 14.8 Å². The van der Waals surface area contributed by atoms with E-state index in [0.29, 0.717) is 16.7 Å². The Bertz CT molecular complexity index is 677. The first-order chi connectivity index (χ1) is 10.8. The Kier molecular flexibility index (Phi) is 4.84. The second-order valence-corrected chi connectivity index (χ2v) is 6.46. The molecule has 0 bridgehead atoms. The standard InChI is InChI=1S/C15H19N3O4S/c1-9(19)16-14-17-18(10(2)20)15(3,23-14)11-6-7-12(21-4)13(8-11)22-5/h6-8H,1-5H3,(H,16,17,19). The van der Waals surface area contributed by atoms with E-state index in [1.165, 1.54) is 30.6 Å². The van der Waals surface area contributed by atoms with Gasteiger partial charge in [0.1, 0.15) is 4.87 Å². The summed E-state index contributed by atoms with van der Waals surface area (Å²) in [5.74, 6) is 0.690. The Morgan fingerprint density at radius 1 is 1.22 bits per heavy atom. The van der Waals surface area contributed by atoms with Gasteiger partial charge in [0.15, 0.2) is 16.7 Å². The van der Waals surface area contributed by atoms with Crippen molar-refractivity contribution < 1.29 is 19.1 Å². The van der Waals surface area contributed by atoms with Crippen LogP contribution in [0, 0.1) is 0 Å². The number of nitrogens with zero attached hydrogens (tertiary/aromatic N) is 2. The van der Waals surface area contributed by atoms with E-state index in [1.807, 2.05) is 13.0 Å². The number of rotatable bonds is 3. The summed E-state index contributed by atoms with van der Waals surface area (Å²) in [5, 5.41) is 8.57. The third-order valence-corrected chi connectivity index (χ3v) is 4.57. The fraction of sp³-hybridized carbons (Fsp3) is 0.400. The molecule has 1 N–H and O–H groups in total. The van der Waals surface area contributed by atoms with Crippen LogP contribution in [-0.2, 0) is 14.5 Å². The number of amidine groups is 1. The average molecular weight is 337 g/mol. The summed E-state index contributed by atoms with van der Waals surface area (Å²) < 4.78 is 10.6. The Morgan fingerprint density at radius 2 is 1.87 bits per heavy atom. The smallest absolute Gasteiger partial charge is 0.241 e. The Morgan fingerprint density at radius 3 is 2.39 bits per heavy atom. The minimum atomic E-state index is -0.789. The van der Waals surface area contributed by atoms with Crippen LogP contribution >= 0.6 is 11.8 Å². The van der Waals surface area contributed by atoms with Crippen LogP contribution in [0.3, 0.4) is 0 Å². The van der Waals surface area contributed by atoms with Crippen LogP contribution in [0.5, 0.6) is 11.5 Å². The van der Waals surface area contributed by atoms with Gasteiger partial charge >= 0.3 is 0 Å². The minimum absolute atomic E-state index is 0.227. The Hall–Kier alpha value is -2.22. The van der Waals surface area contributed by atoms with Gasteiger partial charge in [0, 0.05) is 13.8 Å². The van der Waals surface area contributed by atoms with Crippen LogP contribution in [-0.4, -0.2) is 36.2 Å². The van der Waals surface area contributed by atoms with Crippen molar-refractivity contribution in [1.29, 1.82) is 0 Å². The molecule has 1 aromatic carbocycles. The Labute approximate surface area is 139 Å². The third-order valence-electron chi connectivity index (χ3n) is 3.39. The lowest BCUT2D eigenvalue weighted by atomic mass is 10.1. The Balaban J connectivity index is 2.43. The number of ether oxygens (including phenoxy) is 2. The van der Waals surface area contributed by atoms with E-state index >= 15 is 0 Å². The number of hydrazone groups is 1. The number of carbonyl (C=O) groups excluding carboxylic acids is 2. The van der Waals surface area contributed by atoms with Crippen LogP contribution in [0.1, 0.15) is 26.3 Å². The van der Waals surface area contributed by atoms with Gasteiger partial charge < -0.3 is 14.8 Å². The molecule has 1 aliphatic rings. The molecule has 0 aliphatic carbocycles. The monoisotopic (exact) mass is 337 g/mol. The molecule has 1 aromatic rings. The highest BCUT2D eigenvalue weighted by molar-refractivity contribution is 8.14. The molecule has 2 rings (SSSR count). The quantitative estimate of drug-likeness (QED) is 0.911. The van der Waals surface area contributed by atoms with Crippen molar-refractivity contribution >= 4 is 28.7 Å². The summed E-state index contributed by atoms with van der Waals surface area (Å²) >= 11 is 1.29. The summed E-state index contributed by atoms with van der Waals surface area (Å²) in [6.07, 6.45) is 0. The van der Waals surface area contributed by atoms with Crippen molar-refractivity contribution in [1.82, 2.24) is 10.3 Å². The fourth-order valence-corrected chi connectivity index (χ4v) is 3.51. The molecule has 1 aliphatic heterocycles. The molecule has 124 valence electrons. The first-order valence-corrected chi connectivity index (χ1v) is 7.72. The number of nitrogens with one attached hydrogen (secondary N) is 1. The summed E-state index contributed by atoms with van der Waals surface area (Å²) in [4.78, 5) is 22.5. The van der Waals surface area contributed by atoms with Gasteiger partial charge in [-0.25, -0.2) is 5.01 Å². The molecule has 0 fully saturated rings. The first kappa shape index (κ1) is 17.1. The van der Waals surface area contributed by atoms with E-state index in [-0.39, 0.29) is 11.8 Å². The van der Waals surface area contributed by atoms with E-state index in [4.69, 9.17) is 9.47 Å². The van der Waals surface area contributed by atoms with Gasteiger partial charge in [0.2, 0.25) is 11.8 Å². The number of benzene rings is 1. The SMILES string of the molecule is COc1ccc(C2(C)SC(NC(C)=O)=NN2C(C)=O)cc1OC. The van der Waals surface area contributed by atoms with Crippen LogP contribution in [0.4, 0.5) is 0 Å². The average Bonchev–Trinajstić information content (AvgIpc) is 2.83. The summed E-state index contributed by atoms with van der Waals surface area (Å²) in [6, 6.07) is 5.42. The maximum absolute atomic E-state index is 12.0. The molecular formula is C15H19N3O4S. The normalized spacial score (nSPS) is 20.0. The summed E-state index contributed by atoms with van der Waals surface area (Å²) in [6.45, 7) is 4.69. The van der Waals surface area contributed by atoms with Crippen molar-refractivity contribution in [3.63, 3.8) is 0 Å². The number of thioether (sulfide) groups is 1. The largest absolute Gasteiger partial charge is 0.493 e. The van der Waals surface area contributed by atoms with E-state index in [2.05, 4.69) is 10.4 Å². The topological polar surface area (TPSA) is 80.2 Å². The minimum Gasteiger partial charge on any atom is -0.493 e. The van der Waals surface area contributed by atoms with Crippen LogP contribution in [0.2, 0.25) is 0 Å². The number of hydrogen-bond donors (Lipinski definition) is 1. The molecular weight excluding hydrogens is 318 g/mol. The zero-order valence-corrected chi connectivity index (χ0v) is 14.5. The van der Waals surface area contributed by atoms with Gasteiger partial charge in [-0.1, -0.05) is 17.8 Å². The molecule has 0 saturated carbocycles. The van der Waals surface area contributed by atoms with Crippen LogP contribution in [0.15, 0.2) is 23.3 Å². The molecule has 1 heterocycles. The molecule has 0 aromatic heterocycles. The highest BCUT2D eigenvalue weighted by Gasteiger charge is 2.44. The zero-order chi connectivity index (χ0) is 17.2. The van der Waals surface area contributed by atoms with E-state index in [9.17, 15) is 9.59 Å². The molecule has 8 heteroatoms. The molecule has 0 radical (unpaired) electrons. The molecule has 0 spiro atoms. The second kappa shape index (κ2) is 6.49. The second-order valence-electron chi connectivity index (χ2n) is 5.07. The van der Waals surface area contributed by atoms with E-state index < -0.39 is 4.87 Å². The maximum Gasteiger partial charge on any atom is 0.241 e. The van der Waals surface area contributed by atoms with Gasteiger partial charge in [-0.2, -0.15) is 0 Å². The van der Waals surface area contributed by atoms with Crippen LogP contribution in [0.25, 0.3) is 0 Å². The van der Waals surface area contributed by atoms with Crippen molar-refractivity contribution in [3.05, 3.63) is 23.8 Å². The first-order valence-electron chi connectivity index (χ1n) is 6.90. The predicted molar refractivity (Wildman–Crippen MR) is 88.3 cm³/mol. The zero-order valence-electron chi connectivity index (χ0n) is 13.7. The number of amides is 2. The lowest BCUT2D eigenvalue weighted by Crippen LogP contribution is -2.37. The van der Waals surface area contributed by atoms with E-state index in [1.54, 1.807) is 26.4 Å². The molecule has 7 nitrogen and oxygen atoms in total. The maximum atomic E-state index is 12.0. The highest BCUT2D eigenvalue weighted by Crippen LogP contribution is 2.46. The lowest BCUT2D eigenvalue weighted by molar-refractivity contribution is -0.131. The molecule has 1 atom stereocenters. The lowest BCUT2D eigenvalue weighted by Gasteiger charge is -2.31. The van der Waals surface area contributed by atoms with Gasteiger partial charge in [-0.05, 0) is 24.6 Å².